The van der Waals surface area contributed by atoms with E-state index in [0.717, 1.165) is 43.2 Å². The van der Waals surface area contributed by atoms with Crippen molar-refractivity contribution in [3.05, 3.63) is 71.6 Å². The lowest BCUT2D eigenvalue weighted by molar-refractivity contribution is 0.362. The molecular formula is C23H26N4O. The van der Waals surface area contributed by atoms with E-state index in [1.165, 1.54) is 12.0 Å². The van der Waals surface area contributed by atoms with Gasteiger partial charge in [0.05, 0.1) is 5.69 Å². The Labute approximate surface area is 166 Å². The summed E-state index contributed by atoms with van der Waals surface area (Å²) in [4.78, 5) is 4.28. The van der Waals surface area contributed by atoms with Crippen LogP contribution in [0.5, 0.6) is 5.75 Å². The molecule has 2 heterocycles. The molecule has 1 aromatic carbocycles. The zero-order chi connectivity index (χ0) is 19.6. The lowest BCUT2D eigenvalue weighted by Gasteiger charge is -2.12. The van der Waals surface area contributed by atoms with Gasteiger partial charge in [0.25, 0.3) is 0 Å². The molecule has 2 aromatic rings. The Hall–Kier alpha value is -2.94. The Morgan fingerprint density at radius 3 is 3.04 bits per heavy atom. The van der Waals surface area contributed by atoms with Gasteiger partial charge in [0.2, 0.25) is 0 Å². The molecule has 28 heavy (non-hydrogen) atoms. The summed E-state index contributed by atoms with van der Waals surface area (Å²) in [7, 11) is 0. The second kappa shape index (κ2) is 10.4. The average molecular weight is 374 g/mol. The highest BCUT2D eigenvalue weighted by Crippen LogP contribution is 2.20. The van der Waals surface area contributed by atoms with Gasteiger partial charge in [0.15, 0.2) is 0 Å². The largest absolute Gasteiger partial charge is 0.490 e. The molecule has 144 valence electrons. The highest BCUT2D eigenvalue weighted by atomic mass is 16.5. The minimum atomic E-state index is 0.413. The summed E-state index contributed by atoms with van der Waals surface area (Å²) in [6.45, 7) is 8.21. The van der Waals surface area contributed by atoms with Crippen LogP contribution in [0.3, 0.4) is 0 Å². The fourth-order valence-corrected chi connectivity index (χ4v) is 3.22. The van der Waals surface area contributed by atoms with Gasteiger partial charge >= 0.3 is 0 Å². The van der Waals surface area contributed by atoms with E-state index in [2.05, 4.69) is 40.4 Å². The first-order valence-corrected chi connectivity index (χ1v) is 9.61. The first-order valence-electron chi connectivity index (χ1n) is 9.61. The van der Waals surface area contributed by atoms with Crippen LogP contribution in [0.15, 0.2) is 49.1 Å². The molecular weight excluding hydrogens is 348 g/mol. The molecule has 0 spiro atoms. The highest BCUT2D eigenvalue weighted by Gasteiger charge is 2.13. The van der Waals surface area contributed by atoms with Gasteiger partial charge in [-0.1, -0.05) is 30.9 Å². The van der Waals surface area contributed by atoms with Crippen molar-refractivity contribution >= 4 is 12.2 Å². The molecule has 1 saturated heterocycles. The van der Waals surface area contributed by atoms with Gasteiger partial charge in [-0.3, -0.25) is 0 Å². The van der Waals surface area contributed by atoms with Gasteiger partial charge in [-0.25, -0.2) is 4.98 Å². The van der Waals surface area contributed by atoms with Gasteiger partial charge in [-0.05, 0) is 73.4 Å². The number of pyridine rings is 1. The third-order valence-electron chi connectivity index (χ3n) is 4.61. The van der Waals surface area contributed by atoms with E-state index >= 15 is 0 Å². The number of nitriles is 1. The zero-order valence-corrected chi connectivity index (χ0v) is 16.0. The molecule has 5 heteroatoms. The number of aromatic nitrogens is 1. The molecule has 0 radical (unpaired) electrons. The van der Waals surface area contributed by atoms with Crippen LogP contribution >= 0.6 is 0 Å². The maximum absolute atomic E-state index is 8.99. The summed E-state index contributed by atoms with van der Waals surface area (Å²) in [5.41, 5.74) is 3.37. The summed E-state index contributed by atoms with van der Waals surface area (Å²) in [5, 5.41) is 15.9. The molecule has 1 aromatic heterocycles. The van der Waals surface area contributed by atoms with Crippen LogP contribution in [0.2, 0.25) is 0 Å². The first kappa shape index (κ1) is 19.8. The van der Waals surface area contributed by atoms with Gasteiger partial charge in [-0.2, -0.15) is 5.26 Å². The van der Waals surface area contributed by atoms with Crippen molar-refractivity contribution in [2.24, 2.45) is 5.92 Å². The number of hydrogen-bond acceptors (Lipinski definition) is 5. The maximum atomic E-state index is 8.99. The fourth-order valence-electron chi connectivity index (χ4n) is 3.22. The van der Waals surface area contributed by atoms with Crippen molar-refractivity contribution in [2.75, 3.05) is 26.2 Å². The zero-order valence-electron chi connectivity index (χ0n) is 16.0. The topological polar surface area (TPSA) is 70.0 Å². The van der Waals surface area contributed by atoms with Crippen LogP contribution in [0, 0.1) is 17.2 Å². The third-order valence-corrected chi connectivity index (χ3v) is 4.61. The number of hydrogen-bond donors (Lipinski definition) is 2. The second-order valence-corrected chi connectivity index (χ2v) is 6.89. The summed E-state index contributed by atoms with van der Waals surface area (Å²) >= 11 is 0. The number of ether oxygens (including phenoxy) is 1. The van der Waals surface area contributed by atoms with Crippen molar-refractivity contribution in [3.63, 3.8) is 0 Å². The van der Waals surface area contributed by atoms with E-state index in [9.17, 15) is 0 Å². The molecule has 1 aliphatic heterocycles. The van der Waals surface area contributed by atoms with Crippen LogP contribution in [0.1, 0.15) is 28.9 Å². The molecule has 2 N–H and O–H groups in total. The molecule has 0 bridgehead atoms. The molecule has 1 aliphatic rings. The van der Waals surface area contributed by atoms with Crippen molar-refractivity contribution in [2.45, 2.75) is 13.0 Å². The van der Waals surface area contributed by atoms with Crippen LogP contribution in [0.25, 0.3) is 12.2 Å². The minimum Gasteiger partial charge on any atom is -0.490 e. The average Bonchev–Trinajstić information content (AvgIpc) is 3.24. The Morgan fingerprint density at radius 2 is 2.25 bits per heavy atom. The van der Waals surface area contributed by atoms with E-state index in [4.69, 9.17) is 10.00 Å². The second-order valence-electron chi connectivity index (χ2n) is 6.89. The molecule has 0 saturated carbocycles. The highest BCUT2D eigenvalue weighted by molar-refractivity contribution is 5.69. The lowest BCUT2D eigenvalue weighted by Crippen LogP contribution is -2.24. The Bertz CT molecular complexity index is 863. The molecule has 0 aliphatic carbocycles. The van der Waals surface area contributed by atoms with E-state index in [1.54, 1.807) is 12.1 Å². The molecule has 1 fully saturated rings. The smallest absolute Gasteiger partial charge is 0.141 e. The number of rotatable bonds is 9. The normalized spacial score (nSPS) is 16.2. The molecule has 0 amide bonds. The van der Waals surface area contributed by atoms with Crippen LogP contribution in [-0.4, -0.2) is 31.2 Å². The number of nitrogens with zero attached hydrogens (tertiary/aromatic N) is 2. The summed E-state index contributed by atoms with van der Waals surface area (Å²) in [6, 6.07) is 13.7. The van der Waals surface area contributed by atoms with Crippen LogP contribution in [-0.2, 0) is 6.54 Å². The molecule has 1 atom stereocenters. The van der Waals surface area contributed by atoms with Crippen molar-refractivity contribution in [1.29, 1.82) is 5.26 Å². The van der Waals surface area contributed by atoms with E-state index in [0.29, 0.717) is 18.2 Å². The van der Waals surface area contributed by atoms with E-state index < -0.39 is 0 Å². The first-order chi connectivity index (χ1) is 13.8. The number of nitrogens with one attached hydrogen (secondary N) is 2. The van der Waals surface area contributed by atoms with Gasteiger partial charge < -0.3 is 15.4 Å². The quantitative estimate of drug-likeness (QED) is 0.659. The summed E-state index contributed by atoms with van der Waals surface area (Å²) in [5.74, 6) is 1.53. The van der Waals surface area contributed by atoms with Crippen molar-refractivity contribution in [3.8, 4) is 11.8 Å². The van der Waals surface area contributed by atoms with Crippen molar-refractivity contribution < 1.29 is 4.74 Å². The lowest BCUT2D eigenvalue weighted by atomic mass is 10.1. The molecule has 1 unspecified atom stereocenters. The van der Waals surface area contributed by atoms with Gasteiger partial charge in [0, 0.05) is 6.54 Å². The van der Waals surface area contributed by atoms with Crippen LogP contribution in [0.4, 0.5) is 0 Å². The summed E-state index contributed by atoms with van der Waals surface area (Å²) < 4.78 is 5.76. The third kappa shape index (κ3) is 6.05. The monoisotopic (exact) mass is 374 g/mol. The van der Waals surface area contributed by atoms with Crippen molar-refractivity contribution in [1.82, 2.24) is 15.6 Å². The standard InChI is InChI=1S/C23H26N4O/c1-2-10-28-23-12-18(6-7-21-4-3-5-22(14-24)27-21)11-20(13-23)17-26-16-19-8-9-25-15-19/h2-7,11-13,19,25-26H,1,8-10,15-17H2/b7-6+. The minimum absolute atomic E-state index is 0.413. The summed E-state index contributed by atoms with van der Waals surface area (Å²) in [6.07, 6.45) is 6.88. The van der Waals surface area contributed by atoms with Gasteiger partial charge in [-0.15, -0.1) is 0 Å². The predicted molar refractivity (Wildman–Crippen MR) is 113 cm³/mol. The molecule has 3 rings (SSSR count). The molecule has 5 nitrogen and oxygen atoms in total. The predicted octanol–water partition coefficient (Wildman–Crippen LogP) is 3.39. The van der Waals surface area contributed by atoms with E-state index in [-0.39, 0.29) is 0 Å². The van der Waals surface area contributed by atoms with E-state index in [1.807, 2.05) is 30.4 Å². The number of benzene rings is 1. The Balaban J connectivity index is 1.71. The van der Waals surface area contributed by atoms with Gasteiger partial charge in [0.1, 0.15) is 24.1 Å². The maximum Gasteiger partial charge on any atom is 0.141 e. The Kier molecular flexibility index (Phi) is 7.36. The Morgan fingerprint density at radius 1 is 1.32 bits per heavy atom. The SMILES string of the molecule is C=CCOc1cc(/C=C/c2cccc(C#N)n2)cc(CNCC2CCNC2)c1. The fraction of sp³-hybridized carbons (Fsp3) is 0.304. The van der Waals surface area contributed by atoms with Crippen LogP contribution < -0.4 is 15.4 Å².